The van der Waals surface area contributed by atoms with Crippen LogP contribution in [0.15, 0.2) is 54.7 Å². The van der Waals surface area contributed by atoms with E-state index in [0.29, 0.717) is 12.3 Å². The molecule has 0 unspecified atom stereocenters. The quantitative estimate of drug-likeness (QED) is 0.684. The summed E-state index contributed by atoms with van der Waals surface area (Å²) in [5, 5.41) is 0. The van der Waals surface area contributed by atoms with Gasteiger partial charge in [0, 0.05) is 11.8 Å². The van der Waals surface area contributed by atoms with E-state index in [0.717, 1.165) is 16.9 Å². The minimum atomic E-state index is -0.390. The SMILES string of the molecule is CCOC(=O)c1nc(-c2ccccc2)n2ccccc12. The summed E-state index contributed by atoms with van der Waals surface area (Å²) in [4.78, 5) is 16.5. The summed E-state index contributed by atoms with van der Waals surface area (Å²) in [6.45, 7) is 2.12. The van der Waals surface area contributed by atoms with Crippen molar-refractivity contribution < 1.29 is 9.53 Å². The lowest BCUT2D eigenvalue weighted by Gasteiger charge is -2.00. The number of benzene rings is 1. The average molecular weight is 266 g/mol. The molecular weight excluding hydrogens is 252 g/mol. The van der Waals surface area contributed by atoms with Gasteiger partial charge in [-0.05, 0) is 19.1 Å². The summed E-state index contributed by atoms with van der Waals surface area (Å²) in [5.74, 6) is 0.350. The highest BCUT2D eigenvalue weighted by Crippen LogP contribution is 2.22. The minimum Gasteiger partial charge on any atom is -0.461 e. The third kappa shape index (κ3) is 2.05. The lowest BCUT2D eigenvalue weighted by Crippen LogP contribution is -2.05. The van der Waals surface area contributed by atoms with Crippen LogP contribution in [0.4, 0.5) is 0 Å². The molecule has 20 heavy (non-hydrogen) atoms. The van der Waals surface area contributed by atoms with Crippen molar-refractivity contribution in [3.8, 4) is 11.4 Å². The van der Waals surface area contributed by atoms with Crippen LogP contribution in [-0.2, 0) is 4.74 Å². The number of pyridine rings is 1. The van der Waals surface area contributed by atoms with E-state index in [2.05, 4.69) is 4.98 Å². The highest BCUT2D eigenvalue weighted by molar-refractivity contribution is 5.96. The predicted octanol–water partition coefficient (Wildman–Crippen LogP) is 3.18. The van der Waals surface area contributed by atoms with Crippen molar-refractivity contribution in [2.45, 2.75) is 6.92 Å². The fraction of sp³-hybridized carbons (Fsp3) is 0.125. The van der Waals surface area contributed by atoms with Crippen LogP contribution >= 0.6 is 0 Å². The van der Waals surface area contributed by atoms with Crippen LogP contribution in [0.5, 0.6) is 0 Å². The molecule has 0 fully saturated rings. The standard InChI is InChI=1S/C16H14N2O2/c1-2-20-16(19)14-13-10-6-7-11-18(13)15(17-14)12-8-4-3-5-9-12/h3-11H,2H2,1H3. The van der Waals surface area contributed by atoms with Crippen LogP contribution in [-0.4, -0.2) is 22.0 Å². The Balaban J connectivity index is 2.22. The molecule has 4 heteroatoms. The molecule has 0 radical (unpaired) electrons. The summed E-state index contributed by atoms with van der Waals surface area (Å²) >= 11 is 0. The molecule has 0 aliphatic rings. The zero-order valence-corrected chi connectivity index (χ0v) is 11.1. The molecule has 3 aromatic rings. The zero-order valence-electron chi connectivity index (χ0n) is 11.1. The molecule has 0 spiro atoms. The van der Waals surface area contributed by atoms with E-state index in [4.69, 9.17) is 4.74 Å². The van der Waals surface area contributed by atoms with Gasteiger partial charge >= 0.3 is 5.97 Å². The number of hydrogen-bond acceptors (Lipinski definition) is 3. The maximum Gasteiger partial charge on any atom is 0.359 e. The summed E-state index contributed by atoms with van der Waals surface area (Å²) in [5.41, 5.74) is 2.07. The minimum absolute atomic E-state index is 0.339. The largest absolute Gasteiger partial charge is 0.461 e. The van der Waals surface area contributed by atoms with Crippen LogP contribution in [0.2, 0.25) is 0 Å². The number of fused-ring (bicyclic) bond motifs is 1. The molecule has 1 aromatic carbocycles. The Bertz CT molecular complexity index is 748. The van der Waals surface area contributed by atoms with Gasteiger partial charge in [-0.25, -0.2) is 9.78 Å². The number of imidazole rings is 1. The monoisotopic (exact) mass is 266 g/mol. The van der Waals surface area contributed by atoms with E-state index in [-0.39, 0.29) is 0 Å². The Morgan fingerprint density at radius 3 is 2.65 bits per heavy atom. The van der Waals surface area contributed by atoms with Crippen LogP contribution in [0, 0.1) is 0 Å². The number of esters is 1. The van der Waals surface area contributed by atoms with E-state index in [1.54, 1.807) is 6.92 Å². The number of carbonyl (C=O) groups is 1. The highest BCUT2D eigenvalue weighted by Gasteiger charge is 2.18. The molecule has 0 N–H and O–H groups in total. The van der Waals surface area contributed by atoms with Gasteiger partial charge in [-0.3, -0.25) is 4.40 Å². The number of hydrogen-bond donors (Lipinski definition) is 0. The topological polar surface area (TPSA) is 43.6 Å². The van der Waals surface area contributed by atoms with Crippen LogP contribution < -0.4 is 0 Å². The normalized spacial score (nSPS) is 10.7. The Kier molecular flexibility index (Phi) is 3.21. The van der Waals surface area contributed by atoms with Crippen LogP contribution in [0.1, 0.15) is 17.4 Å². The lowest BCUT2D eigenvalue weighted by molar-refractivity contribution is 0.0522. The molecule has 0 atom stereocenters. The van der Waals surface area contributed by atoms with Gasteiger partial charge in [0.1, 0.15) is 5.82 Å². The van der Waals surface area contributed by atoms with Gasteiger partial charge in [0.2, 0.25) is 0 Å². The number of carbonyl (C=O) groups excluding carboxylic acids is 1. The second-order valence-electron chi connectivity index (χ2n) is 4.33. The zero-order chi connectivity index (χ0) is 13.9. The maximum atomic E-state index is 12.0. The van der Waals surface area contributed by atoms with Gasteiger partial charge in [0.15, 0.2) is 5.69 Å². The Hall–Kier alpha value is -2.62. The second kappa shape index (κ2) is 5.17. The molecule has 3 rings (SSSR count). The second-order valence-corrected chi connectivity index (χ2v) is 4.33. The Morgan fingerprint density at radius 1 is 1.15 bits per heavy atom. The van der Waals surface area contributed by atoms with Gasteiger partial charge in [-0.2, -0.15) is 0 Å². The lowest BCUT2D eigenvalue weighted by atomic mass is 10.2. The summed E-state index contributed by atoms with van der Waals surface area (Å²) in [6.07, 6.45) is 1.90. The summed E-state index contributed by atoms with van der Waals surface area (Å²) in [7, 11) is 0. The van der Waals surface area contributed by atoms with E-state index in [1.165, 1.54) is 0 Å². The first kappa shape index (κ1) is 12.4. The molecule has 2 aromatic heterocycles. The molecule has 0 saturated heterocycles. The first-order valence-corrected chi connectivity index (χ1v) is 6.51. The van der Waals surface area contributed by atoms with Crippen LogP contribution in [0.3, 0.4) is 0 Å². The smallest absolute Gasteiger partial charge is 0.359 e. The number of aromatic nitrogens is 2. The number of ether oxygens (including phenoxy) is 1. The maximum absolute atomic E-state index is 12.0. The first-order valence-electron chi connectivity index (χ1n) is 6.51. The molecule has 4 nitrogen and oxygen atoms in total. The molecule has 100 valence electrons. The third-order valence-electron chi connectivity index (χ3n) is 3.05. The fourth-order valence-electron chi connectivity index (χ4n) is 2.18. The summed E-state index contributed by atoms with van der Waals surface area (Å²) in [6, 6.07) is 15.4. The van der Waals surface area contributed by atoms with Gasteiger partial charge in [-0.1, -0.05) is 36.4 Å². The number of rotatable bonds is 3. The van der Waals surface area contributed by atoms with Crippen molar-refractivity contribution in [3.63, 3.8) is 0 Å². The molecule has 0 aliphatic heterocycles. The Morgan fingerprint density at radius 2 is 1.90 bits per heavy atom. The molecule has 0 bridgehead atoms. The van der Waals surface area contributed by atoms with Gasteiger partial charge in [0.25, 0.3) is 0 Å². The molecule has 0 aliphatic carbocycles. The van der Waals surface area contributed by atoms with E-state index >= 15 is 0 Å². The predicted molar refractivity (Wildman–Crippen MR) is 76.6 cm³/mol. The van der Waals surface area contributed by atoms with Crippen LogP contribution in [0.25, 0.3) is 16.9 Å². The van der Waals surface area contributed by atoms with Crippen molar-refractivity contribution in [3.05, 3.63) is 60.4 Å². The molecule has 0 saturated carbocycles. The molecular formula is C16H14N2O2. The van der Waals surface area contributed by atoms with E-state index in [1.807, 2.05) is 59.1 Å². The summed E-state index contributed by atoms with van der Waals surface area (Å²) < 4.78 is 6.97. The fourth-order valence-corrected chi connectivity index (χ4v) is 2.18. The highest BCUT2D eigenvalue weighted by atomic mass is 16.5. The van der Waals surface area contributed by atoms with Gasteiger partial charge < -0.3 is 4.74 Å². The van der Waals surface area contributed by atoms with Crippen molar-refractivity contribution in [2.75, 3.05) is 6.61 Å². The van der Waals surface area contributed by atoms with Crippen molar-refractivity contribution in [1.29, 1.82) is 0 Å². The molecule has 0 amide bonds. The van der Waals surface area contributed by atoms with Crippen molar-refractivity contribution >= 4 is 11.5 Å². The van der Waals surface area contributed by atoms with Gasteiger partial charge in [-0.15, -0.1) is 0 Å². The molecule has 2 heterocycles. The third-order valence-corrected chi connectivity index (χ3v) is 3.05. The number of nitrogens with zero attached hydrogens (tertiary/aromatic N) is 2. The van der Waals surface area contributed by atoms with Gasteiger partial charge in [0.05, 0.1) is 12.1 Å². The van der Waals surface area contributed by atoms with E-state index < -0.39 is 5.97 Å². The van der Waals surface area contributed by atoms with E-state index in [9.17, 15) is 4.79 Å². The first-order chi connectivity index (χ1) is 9.81. The van der Waals surface area contributed by atoms with Crippen molar-refractivity contribution in [2.24, 2.45) is 0 Å². The average Bonchev–Trinajstić information content (AvgIpc) is 2.88. The van der Waals surface area contributed by atoms with Crippen molar-refractivity contribution in [1.82, 2.24) is 9.38 Å². The Labute approximate surface area is 116 Å².